The van der Waals surface area contributed by atoms with Crippen LogP contribution in [0.4, 0.5) is 0 Å². The van der Waals surface area contributed by atoms with Crippen molar-refractivity contribution in [2.24, 2.45) is 0 Å². The van der Waals surface area contributed by atoms with Crippen LogP contribution in [0, 0.1) is 0 Å². The maximum Gasteiger partial charge on any atom is 0.289 e. The van der Waals surface area contributed by atoms with Gasteiger partial charge in [0.05, 0.1) is 0 Å². The molecule has 1 saturated carbocycles. The summed E-state index contributed by atoms with van der Waals surface area (Å²) in [4.78, 5) is 38.0. The van der Waals surface area contributed by atoms with Crippen molar-refractivity contribution in [1.29, 1.82) is 0 Å². The topological polar surface area (TPSA) is 66.5 Å². The molecule has 1 aliphatic heterocycles. The molecule has 1 aromatic carbocycles. The van der Waals surface area contributed by atoms with Gasteiger partial charge in [-0.2, -0.15) is 0 Å². The van der Waals surface area contributed by atoms with Crippen molar-refractivity contribution in [3.05, 3.63) is 35.9 Å². The van der Waals surface area contributed by atoms with Gasteiger partial charge in [0, 0.05) is 19.0 Å². The lowest BCUT2D eigenvalue weighted by molar-refractivity contribution is -0.143. The fraction of sp³-hybridized carbons (Fsp3) is 0.471. The second-order valence-corrected chi connectivity index (χ2v) is 6.03. The minimum absolute atomic E-state index is 0.0568. The second kappa shape index (κ2) is 6.30. The lowest BCUT2D eigenvalue weighted by atomic mass is 9.93. The van der Waals surface area contributed by atoms with Gasteiger partial charge < -0.3 is 10.2 Å². The van der Waals surface area contributed by atoms with Crippen molar-refractivity contribution >= 4 is 17.6 Å². The smallest absolute Gasteiger partial charge is 0.289 e. The first-order chi connectivity index (χ1) is 10.6. The minimum atomic E-state index is -0.618. The summed E-state index contributed by atoms with van der Waals surface area (Å²) in [5.41, 5.74) is 0.968. The number of amides is 2. The number of likely N-dealkylation sites (tertiary alicyclic amines) is 1. The standard InChI is InChI=1S/C17H20N2O3/c20-15-10-9-14(16(21)17(22)18-13-7-4-8-13)19(15)11-12-5-2-1-3-6-12/h1-3,5-6,13-14H,4,7-11H2,(H,18,22)/t14-/m1/s1. The van der Waals surface area contributed by atoms with Gasteiger partial charge in [-0.05, 0) is 31.2 Å². The van der Waals surface area contributed by atoms with E-state index in [9.17, 15) is 14.4 Å². The molecule has 1 N–H and O–H groups in total. The number of nitrogens with zero attached hydrogens (tertiary/aromatic N) is 1. The van der Waals surface area contributed by atoms with Crippen LogP contribution in [0.25, 0.3) is 0 Å². The number of ketones is 1. The molecule has 0 spiro atoms. The molecule has 0 radical (unpaired) electrons. The molecule has 1 heterocycles. The van der Waals surface area contributed by atoms with Gasteiger partial charge in [0.25, 0.3) is 5.91 Å². The molecule has 0 aromatic heterocycles. The Kier molecular flexibility index (Phi) is 4.22. The molecule has 2 aliphatic rings. The molecule has 1 aliphatic carbocycles. The summed E-state index contributed by atoms with van der Waals surface area (Å²) in [6.45, 7) is 0.382. The Morgan fingerprint density at radius 1 is 1.14 bits per heavy atom. The Hall–Kier alpha value is -2.17. The van der Waals surface area contributed by atoms with Gasteiger partial charge in [-0.25, -0.2) is 0 Å². The summed E-state index contributed by atoms with van der Waals surface area (Å²) in [6.07, 6.45) is 3.75. The number of nitrogens with one attached hydrogen (secondary N) is 1. The molecule has 0 unspecified atom stereocenters. The molecule has 3 rings (SSSR count). The van der Waals surface area contributed by atoms with E-state index in [0.29, 0.717) is 19.4 Å². The van der Waals surface area contributed by atoms with Crippen LogP contribution in [0.2, 0.25) is 0 Å². The molecule has 5 nitrogen and oxygen atoms in total. The fourth-order valence-electron chi connectivity index (χ4n) is 2.95. The summed E-state index contributed by atoms with van der Waals surface area (Å²) in [5.74, 6) is -1.07. The van der Waals surface area contributed by atoms with E-state index in [1.54, 1.807) is 0 Å². The van der Waals surface area contributed by atoms with Crippen molar-refractivity contribution in [2.75, 3.05) is 0 Å². The van der Waals surface area contributed by atoms with Gasteiger partial charge >= 0.3 is 0 Å². The van der Waals surface area contributed by atoms with E-state index < -0.39 is 17.7 Å². The van der Waals surface area contributed by atoms with Gasteiger partial charge in [0.2, 0.25) is 11.7 Å². The molecular weight excluding hydrogens is 280 g/mol. The number of hydrogen-bond acceptors (Lipinski definition) is 3. The zero-order valence-electron chi connectivity index (χ0n) is 12.5. The zero-order chi connectivity index (χ0) is 15.5. The zero-order valence-corrected chi connectivity index (χ0v) is 12.5. The van der Waals surface area contributed by atoms with E-state index in [1.165, 1.54) is 4.90 Å². The Morgan fingerprint density at radius 2 is 1.86 bits per heavy atom. The van der Waals surface area contributed by atoms with Gasteiger partial charge in [-0.1, -0.05) is 30.3 Å². The van der Waals surface area contributed by atoms with Crippen LogP contribution < -0.4 is 5.32 Å². The number of carbonyl (C=O) groups is 3. The molecule has 2 amide bonds. The van der Waals surface area contributed by atoms with Crippen LogP contribution >= 0.6 is 0 Å². The van der Waals surface area contributed by atoms with Crippen LogP contribution in [0.1, 0.15) is 37.7 Å². The van der Waals surface area contributed by atoms with Crippen molar-refractivity contribution in [1.82, 2.24) is 10.2 Å². The van der Waals surface area contributed by atoms with E-state index in [0.717, 1.165) is 24.8 Å². The average Bonchev–Trinajstić information content (AvgIpc) is 2.84. The molecular formula is C17H20N2O3. The van der Waals surface area contributed by atoms with E-state index in [-0.39, 0.29) is 11.9 Å². The SMILES string of the molecule is O=C(NC1CCC1)C(=O)[C@H]1CCC(=O)N1Cc1ccccc1. The fourth-order valence-corrected chi connectivity index (χ4v) is 2.95. The van der Waals surface area contributed by atoms with E-state index in [4.69, 9.17) is 0 Å². The highest BCUT2D eigenvalue weighted by Gasteiger charge is 2.39. The van der Waals surface area contributed by atoms with Crippen LogP contribution in [0.3, 0.4) is 0 Å². The monoisotopic (exact) mass is 300 g/mol. The molecule has 2 fully saturated rings. The molecule has 22 heavy (non-hydrogen) atoms. The molecule has 116 valence electrons. The second-order valence-electron chi connectivity index (χ2n) is 6.03. The molecule has 1 atom stereocenters. The minimum Gasteiger partial charge on any atom is -0.347 e. The normalized spacial score (nSPS) is 21.5. The quantitative estimate of drug-likeness (QED) is 0.836. The first-order valence-corrected chi connectivity index (χ1v) is 7.83. The lowest BCUT2D eigenvalue weighted by Gasteiger charge is -2.28. The molecule has 1 aromatic rings. The highest BCUT2D eigenvalue weighted by molar-refractivity contribution is 6.38. The Bertz CT molecular complexity index is 581. The number of benzene rings is 1. The number of hydrogen-bond donors (Lipinski definition) is 1. The predicted molar refractivity (Wildman–Crippen MR) is 80.8 cm³/mol. The van der Waals surface area contributed by atoms with Crippen LogP contribution in [-0.4, -0.2) is 34.6 Å². The lowest BCUT2D eigenvalue weighted by Crippen LogP contribution is -2.49. The highest BCUT2D eigenvalue weighted by atomic mass is 16.2. The summed E-state index contributed by atoms with van der Waals surface area (Å²) in [7, 11) is 0. The highest BCUT2D eigenvalue weighted by Crippen LogP contribution is 2.23. The van der Waals surface area contributed by atoms with Crippen molar-refractivity contribution in [2.45, 2.75) is 50.7 Å². The maximum absolute atomic E-state index is 12.4. The van der Waals surface area contributed by atoms with Crippen LogP contribution in [-0.2, 0) is 20.9 Å². The van der Waals surface area contributed by atoms with Crippen molar-refractivity contribution < 1.29 is 14.4 Å². The van der Waals surface area contributed by atoms with Gasteiger partial charge in [0.1, 0.15) is 6.04 Å². The van der Waals surface area contributed by atoms with E-state index in [2.05, 4.69) is 5.32 Å². The molecule has 0 bridgehead atoms. The third kappa shape index (κ3) is 3.03. The van der Waals surface area contributed by atoms with Gasteiger partial charge in [-0.3, -0.25) is 14.4 Å². The summed E-state index contributed by atoms with van der Waals surface area (Å²) < 4.78 is 0. The Balaban J connectivity index is 1.66. The van der Waals surface area contributed by atoms with Crippen LogP contribution in [0.15, 0.2) is 30.3 Å². The van der Waals surface area contributed by atoms with Crippen molar-refractivity contribution in [3.63, 3.8) is 0 Å². The van der Waals surface area contributed by atoms with E-state index in [1.807, 2.05) is 30.3 Å². The third-order valence-electron chi connectivity index (χ3n) is 4.49. The number of Topliss-reactive ketones (excluding diaryl/α,β-unsaturated/α-hetero) is 1. The Labute approximate surface area is 129 Å². The summed E-state index contributed by atoms with van der Waals surface area (Å²) >= 11 is 0. The van der Waals surface area contributed by atoms with Crippen LogP contribution in [0.5, 0.6) is 0 Å². The summed E-state index contributed by atoms with van der Waals surface area (Å²) in [5, 5.41) is 2.77. The summed E-state index contributed by atoms with van der Waals surface area (Å²) in [6, 6.07) is 9.06. The predicted octanol–water partition coefficient (Wildman–Crippen LogP) is 1.42. The Morgan fingerprint density at radius 3 is 2.50 bits per heavy atom. The van der Waals surface area contributed by atoms with Gasteiger partial charge in [-0.15, -0.1) is 0 Å². The third-order valence-corrected chi connectivity index (χ3v) is 4.49. The first kappa shape index (κ1) is 14.8. The first-order valence-electron chi connectivity index (χ1n) is 7.83. The largest absolute Gasteiger partial charge is 0.347 e. The van der Waals surface area contributed by atoms with E-state index >= 15 is 0 Å². The average molecular weight is 300 g/mol. The number of rotatable bonds is 5. The number of carbonyl (C=O) groups excluding carboxylic acids is 3. The maximum atomic E-state index is 12.4. The van der Waals surface area contributed by atoms with Gasteiger partial charge in [0.15, 0.2) is 0 Å². The molecule has 5 heteroatoms. The van der Waals surface area contributed by atoms with Crippen molar-refractivity contribution in [3.8, 4) is 0 Å². The molecule has 1 saturated heterocycles.